The van der Waals surface area contributed by atoms with Gasteiger partial charge in [-0.25, -0.2) is 9.69 Å². The number of anilines is 2. The average Bonchev–Trinajstić information content (AvgIpc) is 3.16. The lowest BCUT2D eigenvalue weighted by Gasteiger charge is -2.28. The van der Waals surface area contributed by atoms with E-state index in [1.54, 1.807) is 17.1 Å². The maximum atomic E-state index is 13.1. The molecule has 0 spiro atoms. The number of nitrogens with zero attached hydrogens (tertiary/aromatic N) is 2. The average molecular weight is 396 g/mol. The van der Waals surface area contributed by atoms with Crippen LogP contribution < -0.4 is 14.7 Å². The molecule has 1 amide bonds. The van der Waals surface area contributed by atoms with Crippen LogP contribution >= 0.6 is 0 Å². The van der Waals surface area contributed by atoms with E-state index < -0.39 is 12.3 Å². The van der Waals surface area contributed by atoms with Gasteiger partial charge in [0.05, 0.1) is 18.5 Å². The van der Waals surface area contributed by atoms with Crippen LogP contribution in [0.2, 0.25) is 0 Å². The van der Waals surface area contributed by atoms with Gasteiger partial charge in [-0.2, -0.15) is 5.06 Å². The van der Waals surface area contributed by atoms with E-state index in [2.05, 4.69) is 0 Å². The molecule has 0 unspecified atom stereocenters. The second kappa shape index (κ2) is 7.44. The molecule has 0 bridgehead atoms. The third-order valence-electron chi connectivity index (χ3n) is 5.29. The van der Waals surface area contributed by atoms with Crippen LogP contribution in [0.1, 0.15) is 11.7 Å². The summed E-state index contributed by atoms with van der Waals surface area (Å²) >= 11 is 0. The molecule has 0 N–H and O–H groups in total. The standard InChI is InChI=1S/C25H20N2O3/c1-29-21-16-14-19(15-17-21)24-26(23-13-7-9-18-8-5-6-12-22(18)23)25(28)30-27(24)20-10-3-2-4-11-20/h2-17,24H,1H3/t24-/m1/s1. The quantitative estimate of drug-likeness (QED) is 0.429. The van der Waals surface area contributed by atoms with Gasteiger partial charge in [0, 0.05) is 5.39 Å². The highest BCUT2D eigenvalue weighted by Gasteiger charge is 2.43. The molecule has 4 aromatic carbocycles. The fourth-order valence-corrected chi connectivity index (χ4v) is 3.86. The molecule has 1 aliphatic heterocycles. The lowest BCUT2D eigenvalue weighted by atomic mass is 10.1. The van der Waals surface area contributed by atoms with E-state index in [-0.39, 0.29) is 0 Å². The van der Waals surface area contributed by atoms with Gasteiger partial charge in [-0.1, -0.05) is 66.7 Å². The molecule has 30 heavy (non-hydrogen) atoms. The van der Waals surface area contributed by atoms with E-state index in [1.807, 2.05) is 97.1 Å². The molecule has 5 nitrogen and oxygen atoms in total. The third-order valence-corrected chi connectivity index (χ3v) is 5.29. The van der Waals surface area contributed by atoms with E-state index in [0.717, 1.165) is 33.5 Å². The number of para-hydroxylation sites is 1. The van der Waals surface area contributed by atoms with Crippen LogP contribution in [-0.2, 0) is 4.84 Å². The first kappa shape index (κ1) is 18.1. The van der Waals surface area contributed by atoms with Crippen LogP contribution in [0.5, 0.6) is 5.75 Å². The minimum absolute atomic E-state index is 0.420. The van der Waals surface area contributed by atoms with Crippen molar-refractivity contribution in [1.29, 1.82) is 0 Å². The summed E-state index contributed by atoms with van der Waals surface area (Å²) in [7, 11) is 1.63. The summed E-state index contributed by atoms with van der Waals surface area (Å²) in [4.78, 5) is 20.6. The molecule has 1 saturated heterocycles. The molecule has 5 rings (SSSR count). The van der Waals surface area contributed by atoms with Gasteiger partial charge in [-0.15, -0.1) is 0 Å². The second-order valence-electron chi connectivity index (χ2n) is 7.03. The smallest absolute Gasteiger partial charge is 0.441 e. The minimum Gasteiger partial charge on any atom is -0.497 e. The Balaban J connectivity index is 1.68. The van der Waals surface area contributed by atoms with Crippen molar-refractivity contribution in [2.45, 2.75) is 6.17 Å². The van der Waals surface area contributed by atoms with Crippen molar-refractivity contribution < 1.29 is 14.4 Å². The largest absolute Gasteiger partial charge is 0.497 e. The van der Waals surface area contributed by atoms with Gasteiger partial charge < -0.3 is 9.57 Å². The van der Waals surface area contributed by atoms with Gasteiger partial charge in [0.2, 0.25) is 0 Å². The number of hydroxylamine groups is 1. The first-order valence-corrected chi connectivity index (χ1v) is 9.73. The summed E-state index contributed by atoms with van der Waals surface area (Å²) in [5.41, 5.74) is 2.52. The predicted octanol–water partition coefficient (Wildman–Crippen LogP) is 5.93. The maximum absolute atomic E-state index is 13.1. The molecule has 0 radical (unpaired) electrons. The highest BCUT2D eigenvalue weighted by Crippen LogP contribution is 2.42. The van der Waals surface area contributed by atoms with Crippen LogP contribution in [0, 0.1) is 0 Å². The molecule has 0 saturated carbocycles. The van der Waals surface area contributed by atoms with Crippen molar-refractivity contribution in [3.8, 4) is 5.75 Å². The number of methoxy groups -OCH3 is 1. The number of ether oxygens (including phenoxy) is 1. The zero-order chi connectivity index (χ0) is 20.5. The number of carbonyl (C=O) groups excluding carboxylic acids is 1. The van der Waals surface area contributed by atoms with Crippen LogP contribution in [0.15, 0.2) is 97.1 Å². The normalized spacial score (nSPS) is 16.0. The highest BCUT2D eigenvalue weighted by molar-refractivity contribution is 6.03. The topological polar surface area (TPSA) is 42.0 Å². The van der Waals surface area contributed by atoms with Gasteiger partial charge in [0.1, 0.15) is 5.75 Å². The Hall–Kier alpha value is -3.99. The highest BCUT2D eigenvalue weighted by atomic mass is 16.7. The molecular formula is C25H20N2O3. The van der Waals surface area contributed by atoms with Crippen molar-refractivity contribution in [3.63, 3.8) is 0 Å². The molecule has 5 heteroatoms. The zero-order valence-electron chi connectivity index (χ0n) is 16.4. The molecule has 1 heterocycles. The van der Waals surface area contributed by atoms with Crippen LogP contribution in [0.4, 0.5) is 16.2 Å². The Morgan fingerprint density at radius 3 is 2.27 bits per heavy atom. The van der Waals surface area contributed by atoms with Gasteiger partial charge in [0.25, 0.3) is 0 Å². The maximum Gasteiger partial charge on any atom is 0.441 e. The van der Waals surface area contributed by atoms with Gasteiger partial charge in [-0.3, -0.25) is 0 Å². The Bertz CT molecular complexity index is 1190. The molecule has 0 aliphatic carbocycles. The van der Waals surface area contributed by atoms with E-state index in [0.29, 0.717) is 0 Å². The van der Waals surface area contributed by atoms with Gasteiger partial charge in [-0.05, 0) is 41.3 Å². The van der Waals surface area contributed by atoms with Crippen molar-refractivity contribution in [1.82, 2.24) is 0 Å². The summed E-state index contributed by atoms with van der Waals surface area (Å²) in [5, 5.41) is 3.71. The molecule has 1 atom stereocenters. The Labute approximate surface area is 174 Å². The van der Waals surface area contributed by atoms with Crippen LogP contribution in [-0.4, -0.2) is 13.2 Å². The first-order chi connectivity index (χ1) is 14.8. The van der Waals surface area contributed by atoms with Gasteiger partial charge >= 0.3 is 6.09 Å². The predicted molar refractivity (Wildman–Crippen MR) is 118 cm³/mol. The van der Waals surface area contributed by atoms with E-state index >= 15 is 0 Å². The van der Waals surface area contributed by atoms with E-state index in [4.69, 9.17) is 9.57 Å². The SMILES string of the molecule is COc1ccc([C@H]2N(c3ccccc3)OC(=O)N2c2cccc3ccccc23)cc1. The Morgan fingerprint density at radius 1 is 0.800 bits per heavy atom. The number of rotatable bonds is 4. The first-order valence-electron chi connectivity index (χ1n) is 9.73. The van der Waals surface area contributed by atoms with E-state index in [1.165, 1.54) is 0 Å². The summed E-state index contributed by atoms with van der Waals surface area (Å²) in [5.74, 6) is 0.756. The third kappa shape index (κ3) is 3.01. The van der Waals surface area contributed by atoms with Crippen LogP contribution in [0.25, 0.3) is 10.8 Å². The van der Waals surface area contributed by atoms with Crippen molar-refractivity contribution in [3.05, 3.63) is 103 Å². The fraction of sp³-hybridized carbons (Fsp3) is 0.0800. The van der Waals surface area contributed by atoms with Crippen molar-refractivity contribution in [2.75, 3.05) is 17.1 Å². The summed E-state index contributed by atoms with van der Waals surface area (Å²) in [6.07, 6.45) is -0.882. The van der Waals surface area contributed by atoms with E-state index in [9.17, 15) is 4.79 Å². The molecule has 4 aromatic rings. The molecule has 148 valence electrons. The van der Waals surface area contributed by atoms with Crippen LogP contribution in [0.3, 0.4) is 0 Å². The van der Waals surface area contributed by atoms with Crippen molar-refractivity contribution in [2.24, 2.45) is 0 Å². The minimum atomic E-state index is -0.461. The number of hydrogen-bond donors (Lipinski definition) is 0. The summed E-state index contributed by atoms with van der Waals surface area (Å²) < 4.78 is 5.31. The lowest BCUT2D eigenvalue weighted by Crippen LogP contribution is -2.31. The Morgan fingerprint density at radius 2 is 1.50 bits per heavy atom. The fourth-order valence-electron chi connectivity index (χ4n) is 3.86. The van der Waals surface area contributed by atoms with Crippen molar-refractivity contribution >= 4 is 28.2 Å². The summed E-state index contributed by atoms with van der Waals surface area (Å²) in [6.45, 7) is 0. The molecule has 1 fully saturated rings. The summed E-state index contributed by atoms with van der Waals surface area (Å²) in [6, 6.07) is 31.3. The number of hydrogen-bond acceptors (Lipinski definition) is 4. The zero-order valence-corrected chi connectivity index (χ0v) is 16.4. The monoisotopic (exact) mass is 396 g/mol. The number of benzene rings is 4. The molecule has 1 aliphatic rings. The Kier molecular flexibility index (Phi) is 4.48. The second-order valence-corrected chi connectivity index (χ2v) is 7.03. The number of carbonyl (C=O) groups is 1. The number of amides is 1. The van der Waals surface area contributed by atoms with Gasteiger partial charge in [0.15, 0.2) is 6.17 Å². The molecule has 0 aromatic heterocycles. The molecular weight excluding hydrogens is 376 g/mol. The lowest BCUT2D eigenvalue weighted by molar-refractivity contribution is 0.164. The number of fused-ring (bicyclic) bond motifs is 1.